The lowest BCUT2D eigenvalue weighted by Crippen LogP contribution is -2.58. The van der Waals surface area contributed by atoms with Crippen molar-refractivity contribution in [2.45, 2.75) is 35.6 Å². The van der Waals surface area contributed by atoms with Crippen LogP contribution in [0.3, 0.4) is 0 Å². The van der Waals surface area contributed by atoms with E-state index in [1.165, 1.54) is 24.3 Å². The lowest BCUT2D eigenvalue weighted by Gasteiger charge is -2.30. The normalized spacial score (nSPS) is 13.7. The molecule has 5 N–H and O–H groups in total. The summed E-state index contributed by atoms with van der Waals surface area (Å²) in [5.74, 6) is -0.346. The van der Waals surface area contributed by atoms with Crippen molar-refractivity contribution >= 4 is 73.8 Å². The molecule has 0 unspecified atom stereocenters. The van der Waals surface area contributed by atoms with E-state index >= 15 is 0 Å². The van der Waals surface area contributed by atoms with Gasteiger partial charge in [0.1, 0.15) is 6.17 Å². The van der Waals surface area contributed by atoms with Gasteiger partial charge in [-0.05, 0) is 36.5 Å². The molecule has 0 aromatic heterocycles. The first-order chi connectivity index (χ1) is 11.6. The highest BCUT2D eigenvalue weighted by Crippen LogP contribution is 2.30. The molecular formula is C14H19Cl3N4O3S2. The minimum absolute atomic E-state index is 0.0430. The van der Waals surface area contributed by atoms with E-state index in [0.29, 0.717) is 5.69 Å². The topological polar surface area (TPSA) is 113 Å². The van der Waals surface area contributed by atoms with Crippen molar-refractivity contribution in [1.29, 1.82) is 0 Å². The Hall–Kier alpha value is -0.840. The Bertz CT molecular complexity index is 772. The first kappa shape index (κ1) is 23.2. The van der Waals surface area contributed by atoms with Gasteiger partial charge in [0.05, 0.1) is 4.90 Å². The van der Waals surface area contributed by atoms with E-state index in [-0.39, 0.29) is 15.9 Å². The van der Waals surface area contributed by atoms with E-state index in [1.807, 2.05) is 0 Å². The van der Waals surface area contributed by atoms with E-state index in [0.717, 1.165) is 0 Å². The van der Waals surface area contributed by atoms with E-state index in [9.17, 15) is 13.2 Å². The maximum Gasteiger partial charge on any atom is 0.238 e. The van der Waals surface area contributed by atoms with Crippen LogP contribution in [0.1, 0.15) is 20.8 Å². The van der Waals surface area contributed by atoms with Gasteiger partial charge in [0.2, 0.25) is 19.7 Å². The number of anilines is 1. The molecule has 1 atom stereocenters. The van der Waals surface area contributed by atoms with Crippen molar-refractivity contribution in [2.75, 3.05) is 5.32 Å². The molecule has 0 radical (unpaired) electrons. The van der Waals surface area contributed by atoms with Gasteiger partial charge < -0.3 is 16.0 Å². The molecule has 1 aromatic rings. The number of nitrogens with two attached hydrogens (primary N) is 1. The Morgan fingerprint density at radius 2 is 1.62 bits per heavy atom. The standard InChI is InChI=1S/C14H19Cl3N4O3S2/c1-13(2,3)11(22)20-10(14(15,16)17)21-12(25)19-8-4-6-9(7-5-8)26(18,23)24/h4-7,10H,1-3H3,(H,20,22)(H2,18,23,24)(H2,19,21,25)/t10-/m0/s1. The van der Waals surface area contributed by atoms with Crippen molar-refractivity contribution in [2.24, 2.45) is 10.6 Å². The van der Waals surface area contributed by atoms with E-state index < -0.39 is 25.4 Å². The van der Waals surface area contributed by atoms with E-state index in [2.05, 4.69) is 16.0 Å². The van der Waals surface area contributed by atoms with Crippen LogP contribution in [-0.4, -0.2) is 29.4 Å². The zero-order valence-corrected chi connectivity index (χ0v) is 18.0. The average molecular weight is 462 g/mol. The van der Waals surface area contributed by atoms with Crippen LogP contribution in [0.2, 0.25) is 0 Å². The van der Waals surface area contributed by atoms with Crippen LogP contribution in [-0.2, 0) is 14.8 Å². The maximum absolute atomic E-state index is 12.1. The van der Waals surface area contributed by atoms with Crippen LogP contribution in [0.5, 0.6) is 0 Å². The molecule has 0 spiro atoms. The second kappa shape index (κ2) is 8.45. The van der Waals surface area contributed by atoms with Crippen LogP contribution in [0.4, 0.5) is 5.69 Å². The van der Waals surface area contributed by atoms with Gasteiger partial charge >= 0.3 is 0 Å². The molecule has 7 nitrogen and oxygen atoms in total. The Labute approximate surface area is 173 Å². The highest BCUT2D eigenvalue weighted by molar-refractivity contribution is 7.89. The number of carbonyl (C=O) groups is 1. The van der Waals surface area contributed by atoms with Crippen LogP contribution in [0.25, 0.3) is 0 Å². The highest BCUT2D eigenvalue weighted by atomic mass is 35.6. The SMILES string of the molecule is CC(C)(C)C(=O)N[C@@H](NC(=S)Nc1ccc(S(N)(=O)=O)cc1)C(Cl)(Cl)Cl. The summed E-state index contributed by atoms with van der Waals surface area (Å²) in [7, 11) is -3.79. The van der Waals surface area contributed by atoms with Crippen LogP contribution >= 0.6 is 47.0 Å². The molecule has 0 bridgehead atoms. The second-order valence-electron chi connectivity index (χ2n) is 6.37. The fourth-order valence-corrected chi connectivity index (χ4v) is 2.65. The molecule has 0 aliphatic rings. The van der Waals surface area contributed by atoms with Crippen molar-refractivity contribution in [3.8, 4) is 0 Å². The summed E-state index contributed by atoms with van der Waals surface area (Å²) in [5.41, 5.74) is -0.228. The maximum atomic E-state index is 12.1. The van der Waals surface area contributed by atoms with Crippen molar-refractivity contribution in [3.63, 3.8) is 0 Å². The number of primary sulfonamides is 1. The summed E-state index contributed by atoms with van der Waals surface area (Å²) in [4.78, 5) is 12.1. The zero-order chi connectivity index (χ0) is 20.3. The molecule has 0 saturated carbocycles. The van der Waals surface area contributed by atoms with Gasteiger partial charge in [-0.3, -0.25) is 4.79 Å². The number of halogens is 3. The van der Waals surface area contributed by atoms with Crippen LogP contribution < -0.4 is 21.1 Å². The van der Waals surface area contributed by atoms with Gasteiger partial charge in [-0.1, -0.05) is 55.6 Å². The predicted octanol–water partition coefficient (Wildman–Crippen LogP) is 2.48. The quantitative estimate of drug-likeness (QED) is 0.311. The van der Waals surface area contributed by atoms with Crippen LogP contribution in [0.15, 0.2) is 29.2 Å². The molecule has 0 aliphatic heterocycles. The zero-order valence-electron chi connectivity index (χ0n) is 14.1. The number of carbonyl (C=O) groups excluding carboxylic acids is 1. The molecule has 1 rings (SSSR count). The Morgan fingerprint density at radius 1 is 1.12 bits per heavy atom. The number of alkyl halides is 3. The Balaban J connectivity index is 2.83. The lowest BCUT2D eigenvalue weighted by molar-refractivity contribution is -0.129. The number of thiocarbonyl (C=S) groups is 1. The molecule has 12 heteroatoms. The molecule has 0 heterocycles. The minimum atomic E-state index is -3.79. The fourth-order valence-electron chi connectivity index (χ4n) is 1.57. The summed E-state index contributed by atoms with van der Waals surface area (Å²) >= 11 is 22.8. The second-order valence-corrected chi connectivity index (χ2v) is 10.7. The van der Waals surface area contributed by atoms with Gasteiger partial charge in [-0.25, -0.2) is 13.6 Å². The van der Waals surface area contributed by atoms with Crippen LogP contribution in [0, 0.1) is 5.41 Å². The third-order valence-corrected chi connectivity index (χ3v) is 4.80. The van der Waals surface area contributed by atoms with Crippen molar-refractivity contribution in [3.05, 3.63) is 24.3 Å². The number of hydrogen-bond acceptors (Lipinski definition) is 4. The predicted molar refractivity (Wildman–Crippen MR) is 109 cm³/mol. The molecule has 1 amide bonds. The number of amides is 1. The molecule has 0 aliphatic carbocycles. The number of benzene rings is 1. The molecular weight excluding hydrogens is 443 g/mol. The molecule has 0 fully saturated rings. The fraction of sp³-hybridized carbons (Fsp3) is 0.429. The first-order valence-electron chi connectivity index (χ1n) is 7.19. The number of nitrogens with one attached hydrogen (secondary N) is 3. The van der Waals surface area contributed by atoms with Gasteiger partial charge in [0, 0.05) is 11.1 Å². The van der Waals surface area contributed by atoms with Gasteiger partial charge in [-0.15, -0.1) is 0 Å². The first-order valence-corrected chi connectivity index (χ1v) is 10.3. The number of rotatable bonds is 4. The molecule has 146 valence electrons. The largest absolute Gasteiger partial charge is 0.339 e. The summed E-state index contributed by atoms with van der Waals surface area (Å²) in [5, 5.41) is 13.2. The minimum Gasteiger partial charge on any atom is -0.339 e. The van der Waals surface area contributed by atoms with E-state index in [4.69, 9.17) is 52.2 Å². The lowest BCUT2D eigenvalue weighted by atomic mass is 9.95. The van der Waals surface area contributed by atoms with Gasteiger partial charge in [0.25, 0.3) is 0 Å². The summed E-state index contributed by atoms with van der Waals surface area (Å²) in [6.07, 6.45) is -1.09. The van der Waals surface area contributed by atoms with Gasteiger partial charge in [-0.2, -0.15) is 0 Å². The summed E-state index contributed by atoms with van der Waals surface area (Å²) in [6, 6.07) is 5.56. The molecule has 1 aromatic carbocycles. The third kappa shape index (κ3) is 7.42. The molecule has 0 saturated heterocycles. The highest BCUT2D eigenvalue weighted by Gasteiger charge is 2.36. The summed E-state index contributed by atoms with van der Waals surface area (Å²) < 4.78 is 20.6. The number of sulfonamides is 1. The van der Waals surface area contributed by atoms with Crippen molar-refractivity contribution < 1.29 is 13.2 Å². The Morgan fingerprint density at radius 3 is 2.00 bits per heavy atom. The molecule has 26 heavy (non-hydrogen) atoms. The van der Waals surface area contributed by atoms with Gasteiger partial charge in [0.15, 0.2) is 5.11 Å². The third-order valence-electron chi connectivity index (χ3n) is 3.00. The Kier molecular flexibility index (Phi) is 7.54. The summed E-state index contributed by atoms with van der Waals surface area (Å²) in [6.45, 7) is 5.13. The van der Waals surface area contributed by atoms with Crippen molar-refractivity contribution in [1.82, 2.24) is 10.6 Å². The average Bonchev–Trinajstić information content (AvgIpc) is 2.44. The van der Waals surface area contributed by atoms with E-state index in [1.54, 1.807) is 20.8 Å². The smallest absolute Gasteiger partial charge is 0.238 e. The monoisotopic (exact) mass is 460 g/mol. The number of hydrogen-bond donors (Lipinski definition) is 4.